The van der Waals surface area contributed by atoms with Gasteiger partial charge in [-0.1, -0.05) is 24.9 Å². The van der Waals surface area contributed by atoms with Gasteiger partial charge in [0.05, 0.1) is 10.7 Å². The lowest BCUT2D eigenvalue weighted by Gasteiger charge is -2.23. The number of nitrogens with two attached hydrogens (primary N) is 1. The third-order valence-electron chi connectivity index (χ3n) is 2.60. The zero-order valence-corrected chi connectivity index (χ0v) is 12.8. The normalized spacial score (nSPS) is 10.3. The molecule has 19 heavy (non-hydrogen) atoms. The van der Waals surface area contributed by atoms with Crippen molar-refractivity contribution in [1.82, 2.24) is 20.2 Å². The van der Waals surface area contributed by atoms with Crippen LogP contribution in [0.2, 0.25) is 5.02 Å². The Morgan fingerprint density at radius 3 is 2.68 bits per heavy atom. The van der Waals surface area contributed by atoms with Crippen molar-refractivity contribution < 1.29 is 4.79 Å². The molecule has 0 unspecified atom stereocenters. The summed E-state index contributed by atoms with van der Waals surface area (Å²) in [6.45, 7) is 4.34. The molecule has 0 radical (unpaired) electrons. The van der Waals surface area contributed by atoms with Gasteiger partial charge in [-0.05, 0) is 25.6 Å². The Kier molecular flexibility index (Phi) is 5.56. The first-order valence-corrected chi connectivity index (χ1v) is 6.74. The van der Waals surface area contributed by atoms with Gasteiger partial charge in [0.15, 0.2) is 5.11 Å². The maximum atomic E-state index is 12.2. The molecule has 1 aromatic heterocycles. The summed E-state index contributed by atoms with van der Waals surface area (Å²) in [5.74, 6) is -0.378. The van der Waals surface area contributed by atoms with E-state index in [2.05, 4.69) is 10.5 Å². The van der Waals surface area contributed by atoms with Gasteiger partial charge in [-0.2, -0.15) is 5.10 Å². The predicted molar refractivity (Wildman–Crippen MR) is 78.8 cm³/mol. The van der Waals surface area contributed by atoms with Crippen molar-refractivity contribution in [3.63, 3.8) is 0 Å². The molecular formula is C11H18ClN5OS. The van der Waals surface area contributed by atoms with E-state index in [1.54, 1.807) is 14.0 Å². The average molecular weight is 304 g/mol. The predicted octanol–water partition coefficient (Wildman–Crippen LogP) is 1.37. The van der Waals surface area contributed by atoms with Gasteiger partial charge >= 0.3 is 0 Å². The Bertz CT molecular complexity index is 488. The van der Waals surface area contributed by atoms with E-state index in [-0.39, 0.29) is 16.7 Å². The maximum Gasteiger partial charge on any atom is 0.289 e. The fourth-order valence-electron chi connectivity index (χ4n) is 1.59. The van der Waals surface area contributed by atoms with Crippen molar-refractivity contribution in [2.75, 3.05) is 6.54 Å². The molecule has 0 bridgehead atoms. The molecule has 0 aliphatic carbocycles. The third kappa shape index (κ3) is 3.81. The first kappa shape index (κ1) is 15.7. The van der Waals surface area contributed by atoms with Crippen LogP contribution >= 0.6 is 23.8 Å². The molecule has 8 heteroatoms. The number of aromatic nitrogens is 2. The van der Waals surface area contributed by atoms with Crippen LogP contribution in [0, 0.1) is 6.92 Å². The molecule has 0 saturated carbocycles. The topological polar surface area (TPSA) is 76.2 Å². The van der Waals surface area contributed by atoms with Crippen molar-refractivity contribution in [2.45, 2.75) is 26.7 Å². The minimum Gasteiger partial charge on any atom is -0.375 e. The van der Waals surface area contributed by atoms with E-state index in [4.69, 9.17) is 29.6 Å². The molecule has 3 N–H and O–H groups in total. The highest BCUT2D eigenvalue weighted by Gasteiger charge is 2.20. The fourth-order valence-corrected chi connectivity index (χ4v) is 1.97. The number of aryl methyl sites for hydroxylation is 2. The van der Waals surface area contributed by atoms with Gasteiger partial charge in [-0.25, -0.2) is 0 Å². The summed E-state index contributed by atoms with van der Waals surface area (Å²) in [6, 6.07) is 0. The lowest BCUT2D eigenvalue weighted by Crippen LogP contribution is -2.49. The van der Waals surface area contributed by atoms with Crippen molar-refractivity contribution in [1.29, 1.82) is 0 Å². The second-order valence-electron chi connectivity index (χ2n) is 4.16. The number of hydrogen-bond acceptors (Lipinski definition) is 3. The number of carbonyl (C=O) groups excluding carboxylic acids is 1. The summed E-state index contributed by atoms with van der Waals surface area (Å²) in [4.78, 5) is 12.2. The number of nitrogens with zero attached hydrogens (tertiary/aromatic N) is 3. The second-order valence-corrected chi connectivity index (χ2v) is 4.95. The molecular weight excluding hydrogens is 286 g/mol. The molecule has 1 heterocycles. The molecule has 1 amide bonds. The molecule has 0 fully saturated rings. The smallest absolute Gasteiger partial charge is 0.289 e. The van der Waals surface area contributed by atoms with Crippen LogP contribution < -0.4 is 11.2 Å². The number of halogens is 1. The Labute approximate surface area is 122 Å². The highest BCUT2D eigenvalue weighted by Crippen LogP contribution is 2.19. The molecule has 0 aliphatic rings. The summed E-state index contributed by atoms with van der Waals surface area (Å²) in [7, 11) is 1.66. The summed E-state index contributed by atoms with van der Waals surface area (Å²) in [6.07, 6.45) is 1.84. The summed E-state index contributed by atoms with van der Waals surface area (Å²) < 4.78 is 1.44. The Hall–Kier alpha value is -1.34. The van der Waals surface area contributed by atoms with Crippen LogP contribution in [0.25, 0.3) is 0 Å². The van der Waals surface area contributed by atoms with Crippen LogP contribution in [0.4, 0.5) is 0 Å². The van der Waals surface area contributed by atoms with Crippen molar-refractivity contribution in [3.05, 3.63) is 16.4 Å². The Morgan fingerprint density at radius 1 is 1.63 bits per heavy atom. The number of rotatable bonds is 4. The number of thiocarbonyl (C=S) groups is 1. The van der Waals surface area contributed by atoms with Crippen molar-refractivity contribution >= 4 is 34.8 Å². The lowest BCUT2D eigenvalue weighted by molar-refractivity contribution is 0.0860. The molecule has 106 valence electrons. The number of nitrogens with one attached hydrogen (secondary N) is 1. The number of hydrogen-bond donors (Lipinski definition) is 2. The standard InChI is InChI=1S/C11H18ClN5OS/c1-4-5-6-17(11(13)19)15-10(18)9-8(12)7(2)14-16(9)3/h4-6H2,1-3H3,(H2,13,19)(H,15,18). The van der Waals surface area contributed by atoms with Crippen LogP contribution in [-0.2, 0) is 7.05 Å². The molecule has 0 aromatic carbocycles. The summed E-state index contributed by atoms with van der Waals surface area (Å²) in [5.41, 5.74) is 9.11. The van der Waals surface area contributed by atoms with Gasteiger partial charge in [-0.15, -0.1) is 0 Å². The van der Waals surface area contributed by atoms with Crippen LogP contribution in [0.3, 0.4) is 0 Å². The number of carbonyl (C=O) groups is 1. The monoisotopic (exact) mass is 303 g/mol. The molecule has 0 aliphatic heterocycles. The zero-order chi connectivity index (χ0) is 14.6. The number of unbranched alkanes of at least 4 members (excludes halogenated alkanes) is 1. The van der Waals surface area contributed by atoms with Gasteiger partial charge in [-0.3, -0.25) is 19.9 Å². The fraction of sp³-hybridized carbons (Fsp3) is 0.545. The molecule has 6 nitrogen and oxygen atoms in total. The van der Waals surface area contributed by atoms with Crippen molar-refractivity contribution in [3.8, 4) is 0 Å². The summed E-state index contributed by atoms with van der Waals surface area (Å²) in [5, 5.41) is 5.99. The van der Waals surface area contributed by atoms with Crippen LogP contribution in [-0.4, -0.2) is 32.4 Å². The van der Waals surface area contributed by atoms with E-state index in [0.717, 1.165) is 12.8 Å². The Morgan fingerprint density at radius 2 is 2.26 bits per heavy atom. The highest BCUT2D eigenvalue weighted by atomic mass is 35.5. The first-order chi connectivity index (χ1) is 8.88. The van der Waals surface area contributed by atoms with E-state index in [1.165, 1.54) is 9.69 Å². The maximum absolute atomic E-state index is 12.2. The molecule has 1 rings (SSSR count). The van der Waals surface area contributed by atoms with Crippen LogP contribution in [0.15, 0.2) is 0 Å². The highest BCUT2D eigenvalue weighted by molar-refractivity contribution is 7.80. The lowest BCUT2D eigenvalue weighted by atomic mass is 10.3. The number of hydrazine groups is 1. The van der Waals surface area contributed by atoms with Crippen LogP contribution in [0.5, 0.6) is 0 Å². The number of amides is 1. The van der Waals surface area contributed by atoms with Crippen LogP contribution in [0.1, 0.15) is 35.9 Å². The van der Waals surface area contributed by atoms with E-state index in [1.807, 2.05) is 6.92 Å². The van der Waals surface area contributed by atoms with E-state index in [9.17, 15) is 4.79 Å². The van der Waals surface area contributed by atoms with E-state index < -0.39 is 0 Å². The minimum atomic E-state index is -0.378. The summed E-state index contributed by atoms with van der Waals surface area (Å²) >= 11 is 11.0. The van der Waals surface area contributed by atoms with E-state index in [0.29, 0.717) is 17.3 Å². The molecule has 1 aromatic rings. The largest absolute Gasteiger partial charge is 0.375 e. The van der Waals surface area contributed by atoms with Gasteiger partial charge in [0.25, 0.3) is 5.91 Å². The van der Waals surface area contributed by atoms with E-state index >= 15 is 0 Å². The van der Waals surface area contributed by atoms with Gasteiger partial charge in [0, 0.05) is 13.6 Å². The molecule has 0 spiro atoms. The quantitative estimate of drug-likeness (QED) is 0.649. The molecule has 0 saturated heterocycles. The molecule has 0 atom stereocenters. The van der Waals surface area contributed by atoms with Gasteiger partial charge in [0.1, 0.15) is 5.69 Å². The van der Waals surface area contributed by atoms with Gasteiger partial charge < -0.3 is 5.73 Å². The first-order valence-electron chi connectivity index (χ1n) is 5.95. The average Bonchev–Trinajstić information content (AvgIpc) is 2.58. The SMILES string of the molecule is CCCCN(NC(=O)c1c(Cl)c(C)nn1C)C(N)=S. The zero-order valence-electron chi connectivity index (χ0n) is 11.2. The third-order valence-corrected chi connectivity index (χ3v) is 3.27. The second kappa shape index (κ2) is 6.72. The Balaban J connectivity index is 2.85. The van der Waals surface area contributed by atoms with Gasteiger partial charge in [0.2, 0.25) is 0 Å². The minimum absolute atomic E-state index is 0.122. The van der Waals surface area contributed by atoms with Crippen molar-refractivity contribution in [2.24, 2.45) is 12.8 Å².